The van der Waals surface area contributed by atoms with Gasteiger partial charge in [0.2, 0.25) is 11.8 Å². The fourth-order valence-corrected chi connectivity index (χ4v) is 9.08. The van der Waals surface area contributed by atoms with E-state index in [1.807, 2.05) is 41.3 Å². The number of benzene rings is 1. The number of piperazine rings is 1. The van der Waals surface area contributed by atoms with Crippen molar-refractivity contribution in [1.82, 2.24) is 48.6 Å². The smallest absolute Gasteiger partial charge is 0.329 e. The van der Waals surface area contributed by atoms with Crippen molar-refractivity contribution in [3.8, 4) is 17.7 Å². The fourth-order valence-electron chi connectivity index (χ4n) is 9.08. The SMILES string of the molecule is COc1nn(C2CCC(CN3CCN(CC#Cc4cccc5c4n(C)c(=O)n5C4CCC(=O)NC4=O)CC3)CC2)cc1NC(=O)c1cnn2ccc(N3CCOCC3)nc12. The zero-order valence-corrected chi connectivity index (χ0v) is 34.0. The Bertz CT molecular complexity index is 2540. The number of amides is 3. The van der Waals surface area contributed by atoms with Gasteiger partial charge in [0.15, 0.2) is 5.65 Å². The molecule has 2 N–H and O–H groups in total. The molecule has 9 rings (SSSR count). The van der Waals surface area contributed by atoms with Gasteiger partial charge in [-0.1, -0.05) is 17.9 Å². The maximum absolute atomic E-state index is 13.5. The molecule has 0 spiro atoms. The van der Waals surface area contributed by atoms with E-state index in [0.29, 0.717) is 65.9 Å². The lowest BCUT2D eigenvalue weighted by atomic mass is 9.85. The van der Waals surface area contributed by atoms with Gasteiger partial charge < -0.3 is 24.6 Å². The van der Waals surface area contributed by atoms with Gasteiger partial charge in [0.25, 0.3) is 11.8 Å². The van der Waals surface area contributed by atoms with Crippen molar-refractivity contribution in [3.63, 3.8) is 0 Å². The van der Waals surface area contributed by atoms with Crippen molar-refractivity contribution in [3.05, 3.63) is 64.5 Å². The van der Waals surface area contributed by atoms with Crippen molar-refractivity contribution in [1.29, 1.82) is 0 Å². The number of imidazole rings is 1. The molecule has 3 saturated heterocycles. The Hall–Kier alpha value is -6.03. The van der Waals surface area contributed by atoms with Gasteiger partial charge in [-0.05, 0) is 56.2 Å². The van der Waals surface area contributed by atoms with Crippen molar-refractivity contribution in [2.24, 2.45) is 13.0 Å². The number of para-hydroxylation sites is 1. The largest absolute Gasteiger partial charge is 0.478 e. The second-order valence-corrected chi connectivity index (χ2v) is 16.1. The molecule has 314 valence electrons. The van der Waals surface area contributed by atoms with E-state index in [9.17, 15) is 19.2 Å². The van der Waals surface area contributed by atoms with Gasteiger partial charge in [-0.25, -0.2) is 14.3 Å². The average Bonchev–Trinajstić information content (AvgIpc) is 3.96. The van der Waals surface area contributed by atoms with Crippen LogP contribution in [-0.4, -0.2) is 134 Å². The standard InChI is InChI=1S/C42H50N12O6/c1-48-37-29(5-3-7-33(37)54(42(48)58)34-12-13-36(55)46-40(34)57)6-4-15-49-17-19-50(20-18-49)26-28-8-10-30(11-9-28)53-27-32(41(47-53)59-2)44-39(56)31-25-43-52-16-14-35(45-38(31)52)51-21-23-60-24-22-51/h3,5,7,14,16,25,27-28,30,34H,8-13,15,17-24,26H2,1-2H3,(H,44,56)(H,46,55,57). The molecule has 1 aliphatic carbocycles. The van der Waals surface area contributed by atoms with Crippen molar-refractivity contribution >= 4 is 45.9 Å². The van der Waals surface area contributed by atoms with E-state index >= 15 is 0 Å². The summed E-state index contributed by atoms with van der Waals surface area (Å²) in [6.07, 6.45) is 9.91. The third kappa shape index (κ3) is 7.87. The molecule has 3 amide bonds. The number of nitrogens with zero attached hydrogens (tertiary/aromatic N) is 10. The minimum Gasteiger partial charge on any atom is -0.478 e. The van der Waals surface area contributed by atoms with E-state index in [-0.39, 0.29) is 30.0 Å². The molecule has 4 fully saturated rings. The summed E-state index contributed by atoms with van der Waals surface area (Å²) in [6, 6.07) is 6.98. The summed E-state index contributed by atoms with van der Waals surface area (Å²) in [5.41, 5.74) is 3.14. The zero-order chi connectivity index (χ0) is 41.3. The third-order valence-corrected chi connectivity index (χ3v) is 12.4. The number of aryl methyl sites for hydroxylation is 1. The van der Waals surface area contributed by atoms with E-state index < -0.39 is 11.9 Å². The van der Waals surface area contributed by atoms with Crippen LogP contribution in [-0.2, 0) is 21.4 Å². The number of ether oxygens (including phenoxy) is 2. The predicted octanol–water partition coefficient (Wildman–Crippen LogP) is 2.06. The number of imide groups is 1. The number of hydrogen-bond donors (Lipinski definition) is 2. The van der Waals surface area contributed by atoms with Crippen LogP contribution in [0.4, 0.5) is 11.5 Å². The van der Waals surface area contributed by atoms with Crippen LogP contribution in [0.1, 0.15) is 66.5 Å². The summed E-state index contributed by atoms with van der Waals surface area (Å²) >= 11 is 0. The molecule has 7 heterocycles. The number of aromatic nitrogens is 7. The molecule has 18 heteroatoms. The predicted molar refractivity (Wildman–Crippen MR) is 222 cm³/mol. The first-order chi connectivity index (χ1) is 29.2. The monoisotopic (exact) mass is 818 g/mol. The van der Waals surface area contributed by atoms with Crippen LogP contribution in [0.3, 0.4) is 0 Å². The van der Waals surface area contributed by atoms with E-state index in [1.54, 1.807) is 23.2 Å². The van der Waals surface area contributed by atoms with Gasteiger partial charge in [0, 0.05) is 65.5 Å². The molecule has 60 heavy (non-hydrogen) atoms. The number of fused-ring (bicyclic) bond motifs is 2. The highest BCUT2D eigenvalue weighted by atomic mass is 16.5. The summed E-state index contributed by atoms with van der Waals surface area (Å²) in [5.74, 6) is 7.31. The number of carbonyl (C=O) groups excluding carboxylic acids is 3. The van der Waals surface area contributed by atoms with Crippen LogP contribution in [0.5, 0.6) is 5.88 Å². The lowest BCUT2D eigenvalue weighted by molar-refractivity contribution is -0.135. The lowest BCUT2D eigenvalue weighted by Crippen LogP contribution is -2.48. The van der Waals surface area contributed by atoms with Crippen LogP contribution in [0, 0.1) is 17.8 Å². The Morgan fingerprint density at radius 3 is 2.55 bits per heavy atom. The first-order valence-electron chi connectivity index (χ1n) is 20.8. The summed E-state index contributed by atoms with van der Waals surface area (Å²) in [5, 5.41) is 14.4. The van der Waals surface area contributed by atoms with E-state index in [4.69, 9.17) is 19.6 Å². The van der Waals surface area contributed by atoms with Crippen LogP contribution in [0.25, 0.3) is 16.7 Å². The summed E-state index contributed by atoms with van der Waals surface area (Å²) < 4.78 is 17.7. The molecule has 1 aromatic carbocycles. The molecular weight excluding hydrogens is 769 g/mol. The molecule has 4 aliphatic rings. The molecule has 18 nitrogen and oxygen atoms in total. The Morgan fingerprint density at radius 1 is 1.00 bits per heavy atom. The minimum absolute atomic E-state index is 0.197. The molecule has 1 atom stereocenters. The number of hydrogen-bond acceptors (Lipinski definition) is 12. The number of morpholine rings is 1. The highest BCUT2D eigenvalue weighted by Crippen LogP contribution is 2.35. The second-order valence-electron chi connectivity index (χ2n) is 16.1. The molecule has 0 radical (unpaired) electrons. The van der Waals surface area contributed by atoms with Gasteiger partial charge in [-0.15, -0.1) is 5.10 Å². The molecule has 1 unspecified atom stereocenters. The van der Waals surface area contributed by atoms with E-state index in [2.05, 4.69) is 42.3 Å². The van der Waals surface area contributed by atoms with Gasteiger partial charge in [0.1, 0.15) is 23.1 Å². The Balaban J connectivity index is 0.759. The molecule has 0 bridgehead atoms. The Morgan fingerprint density at radius 2 is 1.78 bits per heavy atom. The highest BCUT2D eigenvalue weighted by molar-refractivity contribution is 6.08. The highest BCUT2D eigenvalue weighted by Gasteiger charge is 2.32. The Labute approximate surface area is 346 Å². The van der Waals surface area contributed by atoms with E-state index in [0.717, 1.165) is 82.9 Å². The lowest BCUT2D eigenvalue weighted by Gasteiger charge is -2.37. The average molecular weight is 819 g/mol. The van der Waals surface area contributed by atoms with Gasteiger partial charge in [-0.2, -0.15) is 5.10 Å². The molecular formula is C42H50N12O6. The topological polar surface area (TPSA) is 178 Å². The Kier molecular flexibility index (Phi) is 11.1. The van der Waals surface area contributed by atoms with Crippen molar-refractivity contribution in [2.45, 2.75) is 50.6 Å². The maximum Gasteiger partial charge on any atom is 0.329 e. The second kappa shape index (κ2) is 16.9. The summed E-state index contributed by atoms with van der Waals surface area (Å²) in [6.45, 7) is 8.29. The quantitative estimate of drug-likeness (QED) is 0.164. The molecule has 4 aromatic heterocycles. The number of anilines is 2. The summed E-state index contributed by atoms with van der Waals surface area (Å²) in [4.78, 5) is 63.0. The normalized spacial score (nSPS) is 21.8. The number of piperidine rings is 1. The van der Waals surface area contributed by atoms with Crippen LogP contribution >= 0.6 is 0 Å². The van der Waals surface area contributed by atoms with Crippen LogP contribution < -0.4 is 26.0 Å². The third-order valence-electron chi connectivity index (χ3n) is 12.4. The van der Waals surface area contributed by atoms with Crippen molar-refractivity contribution in [2.75, 3.05) is 82.9 Å². The zero-order valence-electron chi connectivity index (χ0n) is 34.0. The van der Waals surface area contributed by atoms with Gasteiger partial charge >= 0.3 is 5.69 Å². The van der Waals surface area contributed by atoms with Crippen molar-refractivity contribution < 1.29 is 23.9 Å². The first-order valence-corrected chi connectivity index (χ1v) is 20.8. The van der Waals surface area contributed by atoms with E-state index in [1.165, 1.54) is 10.8 Å². The first kappa shape index (κ1) is 39.4. The fraction of sp³-hybridized carbons (Fsp3) is 0.500. The van der Waals surface area contributed by atoms with Crippen LogP contribution in [0.15, 0.2) is 47.7 Å². The van der Waals surface area contributed by atoms with Crippen LogP contribution in [0.2, 0.25) is 0 Å². The number of rotatable bonds is 9. The number of carbonyl (C=O) groups is 3. The van der Waals surface area contributed by atoms with Gasteiger partial charge in [0.05, 0.1) is 61.9 Å². The maximum atomic E-state index is 13.5. The molecule has 5 aromatic rings. The number of methoxy groups -OCH3 is 1. The van der Waals surface area contributed by atoms with Gasteiger partial charge in [-0.3, -0.25) is 38.4 Å². The minimum atomic E-state index is -0.729. The number of nitrogens with one attached hydrogen (secondary N) is 2. The molecule has 3 aliphatic heterocycles. The molecule has 1 saturated carbocycles. The summed E-state index contributed by atoms with van der Waals surface area (Å²) in [7, 11) is 3.26.